The minimum absolute atomic E-state index is 0.341. The molecule has 1 nitrogen and oxygen atoms in total. The molecule has 0 saturated heterocycles. The summed E-state index contributed by atoms with van der Waals surface area (Å²) in [6.07, 6.45) is 3.10. The third-order valence-corrected chi connectivity index (χ3v) is 2.30. The van der Waals surface area contributed by atoms with E-state index in [1.54, 1.807) is 6.07 Å². The van der Waals surface area contributed by atoms with Crippen molar-refractivity contribution in [2.45, 2.75) is 27.2 Å². The van der Waals surface area contributed by atoms with E-state index < -0.39 is 0 Å². The third kappa shape index (κ3) is 2.11. The molecule has 0 unspecified atom stereocenters. The highest BCUT2D eigenvalue weighted by molar-refractivity contribution is 5.68. The first-order chi connectivity index (χ1) is 6.19. The van der Waals surface area contributed by atoms with Crippen LogP contribution < -0.4 is 0 Å². The highest BCUT2D eigenvalue weighted by atomic mass is 16.3. The number of aryl methyl sites for hydroxylation is 1. The number of phenolic OH excluding ortho intramolecular Hbond substituents is 1. The van der Waals surface area contributed by atoms with Crippen molar-refractivity contribution in [3.8, 4) is 5.75 Å². The van der Waals surface area contributed by atoms with Gasteiger partial charge in [0.2, 0.25) is 0 Å². The quantitative estimate of drug-likeness (QED) is 0.731. The molecule has 0 saturated carbocycles. The van der Waals surface area contributed by atoms with E-state index in [9.17, 15) is 5.11 Å². The Morgan fingerprint density at radius 3 is 2.69 bits per heavy atom. The Labute approximate surface area is 79.7 Å². The van der Waals surface area contributed by atoms with Gasteiger partial charge in [-0.1, -0.05) is 19.1 Å². The van der Waals surface area contributed by atoms with Crippen molar-refractivity contribution < 1.29 is 5.11 Å². The molecule has 70 valence electrons. The predicted octanol–water partition coefficient (Wildman–Crippen LogP) is 3.51. The summed E-state index contributed by atoms with van der Waals surface area (Å²) in [4.78, 5) is 0. The molecule has 0 heterocycles. The van der Waals surface area contributed by atoms with Gasteiger partial charge in [-0.2, -0.15) is 0 Å². The average molecular weight is 176 g/mol. The van der Waals surface area contributed by atoms with E-state index >= 15 is 0 Å². The second-order valence-electron chi connectivity index (χ2n) is 3.17. The second-order valence-corrected chi connectivity index (χ2v) is 3.17. The molecule has 0 bridgehead atoms. The lowest BCUT2D eigenvalue weighted by molar-refractivity contribution is 0.475. The Morgan fingerprint density at radius 1 is 1.46 bits per heavy atom. The van der Waals surface area contributed by atoms with Gasteiger partial charge in [0.15, 0.2) is 0 Å². The van der Waals surface area contributed by atoms with E-state index in [0.29, 0.717) is 5.75 Å². The molecule has 0 atom stereocenters. The van der Waals surface area contributed by atoms with Crippen molar-refractivity contribution >= 4 is 5.57 Å². The van der Waals surface area contributed by atoms with Crippen LogP contribution in [0.3, 0.4) is 0 Å². The van der Waals surface area contributed by atoms with Gasteiger partial charge < -0.3 is 5.11 Å². The number of phenols is 1. The Hall–Kier alpha value is -1.24. The number of hydrogen-bond acceptors (Lipinski definition) is 1. The zero-order valence-corrected chi connectivity index (χ0v) is 8.46. The Bertz CT molecular complexity index is 324. The van der Waals surface area contributed by atoms with Crippen LogP contribution in [0.4, 0.5) is 0 Å². The van der Waals surface area contributed by atoms with Crippen LogP contribution in [0.2, 0.25) is 0 Å². The second kappa shape index (κ2) is 4.13. The van der Waals surface area contributed by atoms with Gasteiger partial charge >= 0.3 is 0 Å². The number of benzene rings is 1. The maximum absolute atomic E-state index is 9.35. The predicted molar refractivity (Wildman–Crippen MR) is 56.8 cm³/mol. The first-order valence-electron chi connectivity index (χ1n) is 4.64. The number of allylic oxidation sites excluding steroid dienone is 2. The molecular formula is C12H16O. The van der Waals surface area contributed by atoms with E-state index in [2.05, 4.69) is 19.9 Å². The van der Waals surface area contributed by atoms with Gasteiger partial charge in [-0.25, -0.2) is 0 Å². The summed E-state index contributed by atoms with van der Waals surface area (Å²) in [5.41, 5.74) is 3.66. The van der Waals surface area contributed by atoms with Crippen LogP contribution >= 0.6 is 0 Å². The monoisotopic (exact) mass is 176 g/mol. The Morgan fingerprint density at radius 2 is 2.15 bits per heavy atom. The summed E-state index contributed by atoms with van der Waals surface area (Å²) >= 11 is 0. The number of aromatic hydroxyl groups is 1. The molecular weight excluding hydrogens is 160 g/mol. The van der Waals surface area contributed by atoms with Gasteiger partial charge in [0.1, 0.15) is 5.75 Å². The fraction of sp³-hybridized carbons (Fsp3) is 0.333. The molecule has 0 spiro atoms. The van der Waals surface area contributed by atoms with Gasteiger partial charge in [-0.3, -0.25) is 0 Å². The molecule has 1 N–H and O–H groups in total. The highest BCUT2D eigenvalue weighted by Crippen LogP contribution is 2.25. The van der Waals surface area contributed by atoms with E-state index in [1.165, 1.54) is 11.1 Å². The molecule has 0 aliphatic rings. The van der Waals surface area contributed by atoms with Crippen LogP contribution in [0, 0.1) is 6.92 Å². The number of rotatable bonds is 2. The van der Waals surface area contributed by atoms with E-state index in [0.717, 1.165) is 12.0 Å². The molecule has 0 radical (unpaired) electrons. The van der Waals surface area contributed by atoms with Gasteiger partial charge in [0.25, 0.3) is 0 Å². The standard InChI is InChI=1S/C12H16O/c1-4-10(5-2)12-8-11(13)7-6-9(12)3/h4,6-8,13H,5H2,1-3H3/b10-4-. The zero-order valence-electron chi connectivity index (χ0n) is 8.46. The summed E-state index contributed by atoms with van der Waals surface area (Å²) in [6, 6.07) is 5.50. The van der Waals surface area contributed by atoms with Crippen LogP contribution in [0.5, 0.6) is 5.75 Å². The first-order valence-corrected chi connectivity index (χ1v) is 4.64. The first kappa shape index (κ1) is 9.85. The maximum atomic E-state index is 9.35. The lowest BCUT2D eigenvalue weighted by atomic mass is 9.98. The lowest BCUT2D eigenvalue weighted by Gasteiger charge is -2.08. The molecule has 1 aromatic rings. The molecule has 0 aromatic heterocycles. The maximum Gasteiger partial charge on any atom is 0.116 e. The van der Waals surface area contributed by atoms with Crippen LogP contribution in [-0.4, -0.2) is 5.11 Å². The lowest BCUT2D eigenvalue weighted by Crippen LogP contribution is -1.87. The smallest absolute Gasteiger partial charge is 0.116 e. The SMILES string of the molecule is C/C=C(/CC)c1cc(O)ccc1C. The summed E-state index contributed by atoms with van der Waals surface area (Å²) < 4.78 is 0. The Balaban J connectivity index is 3.19. The fourth-order valence-corrected chi connectivity index (χ4v) is 1.51. The minimum Gasteiger partial charge on any atom is -0.508 e. The molecule has 0 aliphatic heterocycles. The normalized spacial score (nSPS) is 11.8. The molecule has 0 fully saturated rings. The molecule has 1 heteroatoms. The van der Waals surface area contributed by atoms with E-state index in [4.69, 9.17) is 0 Å². The van der Waals surface area contributed by atoms with Gasteiger partial charge in [-0.15, -0.1) is 0 Å². The van der Waals surface area contributed by atoms with Crippen molar-refractivity contribution in [2.24, 2.45) is 0 Å². The third-order valence-electron chi connectivity index (χ3n) is 2.30. The summed E-state index contributed by atoms with van der Waals surface area (Å²) in [5, 5.41) is 9.35. The fourth-order valence-electron chi connectivity index (χ4n) is 1.51. The van der Waals surface area contributed by atoms with Crippen LogP contribution in [0.1, 0.15) is 31.4 Å². The van der Waals surface area contributed by atoms with Crippen molar-refractivity contribution in [2.75, 3.05) is 0 Å². The summed E-state index contributed by atoms with van der Waals surface area (Å²) in [6.45, 7) is 6.22. The molecule has 0 amide bonds. The topological polar surface area (TPSA) is 20.2 Å². The van der Waals surface area contributed by atoms with E-state index in [-0.39, 0.29) is 0 Å². The zero-order chi connectivity index (χ0) is 9.84. The molecule has 1 aromatic carbocycles. The van der Waals surface area contributed by atoms with Crippen LogP contribution in [-0.2, 0) is 0 Å². The minimum atomic E-state index is 0.341. The average Bonchev–Trinajstić information content (AvgIpc) is 2.13. The Kier molecular flexibility index (Phi) is 3.13. The number of hydrogen-bond donors (Lipinski definition) is 1. The van der Waals surface area contributed by atoms with E-state index in [1.807, 2.05) is 19.1 Å². The molecule has 0 aliphatic carbocycles. The van der Waals surface area contributed by atoms with Crippen molar-refractivity contribution in [1.82, 2.24) is 0 Å². The largest absolute Gasteiger partial charge is 0.508 e. The summed E-state index contributed by atoms with van der Waals surface area (Å²) in [5.74, 6) is 0.341. The van der Waals surface area contributed by atoms with Crippen molar-refractivity contribution in [1.29, 1.82) is 0 Å². The summed E-state index contributed by atoms with van der Waals surface area (Å²) in [7, 11) is 0. The highest BCUT2D eigenvalue weighted by Gasteiger charge is 2.02. The van der Waals surface area contributed by atoms with Crippen LogP contribution in [0.25, 0.3) is 5.57 Å². The van der Waals surface area contributed by atoms with Crippen LogP contribution in [0.15, 0.2) is 24.3 Å². The molecule has 13 heavy (non-hydrogen) atoms. The molecule has 1 rings (SSSR count). The van der Waals surface area contributed by atoms with Gasteiger partial charge in [0.05, 0.1) is 0 Å². The van der Waals surface area contributed by atoms with Gasteiger partial charge in [0, 0.05) is 0 Å². The van der Waals surface area contributed by atoms with Crippen molar-refractivity contribution in [3.63, 3.8) is 0 Å². The van der Waals surface area contributed by atoms with Crippen molar-refractivity contribution in [3.05, 3.63) is 35.4 Å². The van der Waals surface area contributed by atoms with Gasteiger partial charge in [-0.05, 0) is 49.1 Å².